The van der Waals surface area contributed by atoms with Gasteiger partial charge >= 0.3 is 6.03 Å². The second kappa shape index (κ2) is 8.67. The fraction of sp³-hybridized carbons (Fsp3) is 0.130. The molecule has 0 bridgehead atoms. The van der Waals surface area contributed by atoms with Crippen molar-refractivity contribution in [2.75, 3.05) is 6.61 Å². The van der Waals surface area contributed by atoms with Gasteiger partial charge in [0.1, 0.15) is 18.5 Å². The number of hydrogen-bond donors (Lipinski definition) is 3. The van der Waals surface area contributed by atoms with Crippen LogP contribution in [-0.2, 0) is 6.54 Å². The van der Waals surface area contributed by atoms with Crippen molar-refractivity contribution in [1.29, 1.82) is 0 Å². The van der Waals surface area contributed by atoms with E-state index in [0.717, 1.165) is 16.6 Å². The Hall–Kier alpha value is -3.84. The van der Waals surface area contributed by atoms with E-state index in [4.69, 9.17) is 10.5 Å². The fourth-order valence-electron chi connectivity index (χ4n) is 3.48. The number of ether oxygens (including phenoxy) is 1. The zero-order valence-corrected chi connectivity index (χ0v) is 16.2. The molecule has 7 heteroatoms. The van der Waals surface area contributed by atoms with Crippen LogP contribution in [0.4, 0.5) is 4.79 Å². The van der Waals surface area contributed by atoms with Gasteiger partial charge in [0.25, 0.3) is 0 Å². The molecule has 0 aliphatic carbocycles. The number of carbonyl (C=O) groups is 1. The monoisotopic (exact) mass is 402 g/mol. The average molecular weight is 402 g/mol. The van der Waals surface area contributed by atoms with Crippen molar-refractivity contribution >= 4 is 34.1 Å². The lowest BCUT2D eigenvalue weighted by molar-refractivity contribution is 0.0945. The van der Waals surface area contributed by atoms with Crippen molar-refractivity contribution in [3.05, 3.63) is 78.4 Å². The summed E-state index contributed by atoms with van der Waals surface area (Å²) in [5.41, 5.74) is 10.0. The maximum Gasteiger partial charge on any atom is 0.332 e. The van der Waals surface area contributed by atoms with Crippen LogP contribution < -0.4 is 15.9 Å². The van der Waals surface area contributed by atoms with Gasteiger partial charge in [0.05, 0.1) is 12.8 Å². The smallest absolute Gasteiger partial charge is 0.332 e. The first-order valence-electron chi connectivity index (χ1n) is 9.57. The fourth-order valence-corrected chi connectivity index (χ4v) is 3.48. The molecule has 0 unspecified atom stereocenters. The zero-order chi connectivity index (χ0) is 20.9. The Balaban J connectivity index is 1.42. The zero-order valence-electron chi connectivity index (χ0n) is 16.2. The number of aliphatic hydroxyl groups excluding tert-OH is 1. The van der Waals surface area contributed by atoms with Crippen molar-refractivity contribution in [2.45, 2.75) is 12.6 Å². The van der Waals surface area contributed by atoms with E-state index in [-0.39, 0.29) is 6.61 Å². The third-order valence-corrected chi connectivity index (χ3v) is 4.78. The minimum Gasteiger partial charge on any atom is -0.491 e. The Morgan fingerprint density at radius 2 is 1.63 bits per heavy atom. The average Bonchev–Trinajstić information content (AvgIpc) is 3.07. The normalized spacial score (nSPS) is 12.4. The van der Waals surface area contributed by atoms with Crippen molar-refractivity contribution in [2.24, 2.45) is 10.8 Å². The highest BCUT2D eigenvalue weighted by molar-refractivity contribution is 6.07. The molecule has 0 aliphatic heterocycles. The van der Waals surface area contributed by atoms with E-state index in [0.29, 0.717) is 12.3 Å². The molecule has 0 fully saturated rings. The van der Waals surface area contributed by atoms with Crippen LogP contribution >= 0.6 is 0 Å². The molecule has 30 heavy (non-hydrogen) atoms. The van der Waals surface area contributed by atoms with Crippen molar-refractivity contribution < 1.29 is 14.6 Å². The second-order valence-electron chi connectivity index (χ2n) is 6.91. The number of amides is 2. The predicted octanol–water partition coefficient (Wildman–Crippen LogP) is 3.24. The van der Waals surface area contributed by atoms with Gasteiger partial charge in [-0.15, -0.1) is 0 Å². The number of urea groups is 1. The number of rotatable bonds is 7. The highest BCUT2D eigenvalue weighted by Gasteiger charge is 2.13. The molecule has 0 saturated carbocycles. The molecule has 3 aromatic carbocycles. The van der Waals surface area contributed by atoms with Gasteiger partial charge in [-0.1, -0.05) is 36.4 Å². The summed E-state index contributed by atoms with van der Waals surface area (Å²) in [5.74, 6) is 0.635. The van der Waals surface area contributed by atoms with Crippen molar-refractivity contribution in [3.63, 3.8) is 0 Å². The number of nitrogens with zero attached hydrogens (tertiary/aromatic N) is 2. The van der Waals surface area contributed by atoms with Gasteiger partial charge in [0.15, 0.2) is 0 Å². The van der Waals surface area contributed by atoms with Gasteiger partial charge in [-0.05, 0) is 42.0 Å². The first kappa shape index (κ1) is 19.5. The molecule has 4 aromatic rings. The van der Waals surface area contributed by atoms with Crippen molar-refractivity contribution in [1.82, 2.24) is 9.99 Å². The van der Waals surface area contributed by atoms with E-state index in [1.807, 2.05) is 24.3 Å². The summed E-state index contributed by atoms with van der Waals surface area (Å²) in [7, 11) is 0. The van der Waals surface area contributed by atoms with Gasteiger partial charge in [-0.2, -0.15) is 5.10 Å². The number of fused-ring (bicyclic) bond motifs is 3. The number of aliphatic hydroxyl groups is 1. The topological polar surface area (TPSA) is 102 Å². The molecule has 7 nitrogen and oxygen atoms in total. The number of nitrogens with two attached hydrogens (primary N) is 1. The maximum absolute atomic E-state index is 10.6. The molecule has 152 valence electrons. The molecule has 4 rings (SSSR count). The summed E-state index contributed by atoms with van der Waals surface area (Å²) in [6.07, 6.45) is 0.802. The summed E-state index contributed by atoms with van der Waals surface area (Å²) >= 11 is 0. The Kier molecular flexibility index (Phi) is 5.63. The minimum atomic E-state index is -0.719. The Morgan fingerprint density at radius 1 is 1.03 bits per heavy atom. The van der Waals surface area contributed by atoms with E-state index in [9.17, 15) is 9.90 Å². The van der Waals surface area contributed by atoms with Gasteiger partial charge in [-0.25, -0.2) is 10.2 Å². The van der Waals surface area contributed by atoms with Crippen LogP contribution in [0, 0.1) is 0 Å². The summed E-state index contributed by atoms with van der Waals surface area (Å²) in [6, 6.07) is 22.8. The Labute approximate surface area is 173 Å². The molecule has 1 aromatic heterocycles. The van der Waals surface area contributed by atoms with Crippen LogP contribution in [0.3, 0.4) is 0 Å². The molecule has 0 spiro atoms. The minimum absolute atomic E-state index is 0.164. The van der Waals surface area contributed by atoms with E-state index in [1.54, 1.807) is 24.3 Å². The largest absolute Gasteiger partial charge is 0.491 e. The number of hydrogen-bond acceptors (Lipinski definition) is 4. The van der Waals surface area contributed by atoms with Crippen molar-refractivity contribution in [3.8, 4) is 5.75 Å². The van der Waals surface area contributed by atoms with Crippen LogP contribution in [0.1, 0.15) is 5.56 Å². The third-order valence-electron chi connectivity index (χ3n) is 4.78. The first-order valence-corrected chi connectivity index (χ1v) is 9.57. The number of aromatic nitrogens is 1. The number of benzene rings is 3. The molecule has 0 radical (unpaired) electrons. The standard InChI is InChI=1S/C23H22N4O3/c24-23(29)26-25-13-16-9-11-18(12-10-16)30-15-17(28)14-27-21-7-3-1-5-19(21)20-6-2-4-8-22(20)27/h1-13,17,28H,14-15H2,(H3,24,26,29)/b25-13-/t17-/m0/s1. The van der Waals surface area contributed by atoms with E-state index >= 15 is 0 Å². The van der Waals surface area contributed by atoms with Crippen LogP contribution in [0.25, 0.3) is 21.8 Å². The van der Waals surface area contributed by atoms with E-state index in [1.165, 1.54) is 17.0 Å². The number of nitrogens with one attached hydrogen (secondary N) is 1. The van der Waals surface area contributed by atoms with Gasteiger partial charge in [0.2, 0.25) is 0 Å². The lowest BCUT2D eigenvalue weighted by Crippen LogP contribution is -2.24. The molecule has 0 aliphatic rings. The molecule has 1 atom stereocenters. The number of hydrazone groups is 1. The van der Waals surface area contributed by atoms with Crippen LogP contribution in [0.2, 0.25) is 0 Å². The molecule has 2 amide bonds. The summed E-state index contributed by atoms with van der Waals surface area (Å²) in [6.45, 7) is 0.592. The van der Waals surface area contributed by atoms with Crippen LogP contribution in [0.5, 0.6) is 5.75 Å². The number of para-hydroxylation sites is 2. The SMILES string of the molecule is NC(=O)N/N=C\c1ccc(OC[C@@H](O)Cn2c3ccccc3c3ccccc32)cc1. The summed E-state index contributed by atoms with van der Waals surface area (Å²) < 4.78 is 7.87. The third kappa shape index (κ3) is 4.26. The molecular weight excluding hydrogens is 380 g/mol. The van der Waals surface area contributed by atoms with E-state index in [2.05, 4.69) is 39.4 Å². The maximum atomic E-state index is 10.6. The molecular formula is C23H22N4O3. The predicted molar refractivity (Wildman–Crippen MR) is 118 cm³/mol. The highest BCUT2D eigenvalue weighted by Crippen LogP contribution is 2.28. The Morgan fingerprint density at radius 3 is 2.23 bits per heavy atom. The van der Waals surface area contributed by atoms with Gasteiger partial charge < -0.3 is 20.1 Å². The number of carbonyl (C=O) groups excluding carboxylic acids is 1. The lowest BCUT2D eigenvalue weighted by atomic mass is 10.2. The number of primary amides is 1. The lowest BCUT2D eigenvalue weighted by Gasteiger charge is -2.15. The van der Waals surface area contributed by atoms with Gasteiger partial charge in [-0.3, -0.25) is 0 Å². The van der Waals surface area contributed by atoms with Crippen LogP contribution in [0.15, 0.2) is 77.9 Å². The van der Waals surface area contributed by atoms with E-state index < -0.39 is 12.1 Å². The quantitative estimate of drug-likeness (QED) is 0.327. The summed E-state index contributed by atoms with van der Waals surface area (Å²) in [4.78, 5) is 10.6. The summed E-state index contributed by atoms with van der Waals surface area (Å²) in [5, 5.41) is 16.6. The second-order valence-corrected chi connectivity index (χ2v) is 6.91. The Bertz CT molecular complexity index is 1150. The highest BCUT2D eigenvalue weighted by atomic mass is 16.5. The van der Waals surface area contributed by atoms with Crippen LogP contribution in [-0.4, -0.2) is 34.6 Å². The molecule has 0 saturated heterocycles. The molecule has 4 N–H and O–H groups in total. The molecule has 1 heterocycles. The van der Waals surface area contributed by atoms with Gasteiger partial charge in [0, 0.05) is 21.8 Å². The first-order chi connectivity index (χ1) is 14.6.